The first-order valence-electron chi connectivity index (χ1n) is 9.47. The Hall–Kier alpha value is -2.04. The molecule has 0 N–H and O–H groups in total. The molecule has 0 radical (unpaired) electrons. The average molecular weight is 341 g/mol. The number of carbonyl (C=O) groups is 1. The summed E-state index contributed by atoms with van der Waals surface area (Å²) in [7, 11) is 0. The van der Waals surface area contributed by atoms with Crippen molar-refractivity contribution in [1.82, 2.24) is 14.7 Å². The van der Waals surface area contributed by atoms with Gasteiger partial charge in [-0.2, -0.15) is 5.10 Å². The summed E-state index contributed by atoms with van der Waals surface area (Å²) < 4.78 is 7.94. The molecule has 3 atom stereocenters. The monoisotopic (exact) mass is 341 g/mol. The predicted octanol–water partition coefficient (Wildman–Crippen LogP) is 3.70. The summed E-state index contributed by atoms with van der Waals surface area (Å²) >= 11 is 0. The van der Waals surface area contributed by atoms with Crippen LogP contribution in [0.5, 0.6) is 0 Å². The Morgan fingerprint density at radius 3 is 2.96 bits per heavy atom. The van der Waals surface area contributed by atoms with Crippen molar-refractivity contribution >= 4 is 5.91 Å². The maximum Gasteiger partial charge on any atom is 0.223 e. The highest BCUT2D eigenvalue weighted by Crippen LogP contribution is 2.47. The van der Waals surface area contributed by atoms with Crippen LogP contribution in [0.3, 0.4) is 0 Å². The fourth-order valence-corrected chi connectivity index (χ4v) is 3.86. The third-order valence-corrected chi connectivity index (χ3v) is 5.60. The Balaban J connectivity index is 1.30. The van der Waals surface area contributed by atoms with Gasteiger partial charge in [0.2, 0.25) is 5.91 Å². The molecule has 0 aromatic carbocycles. The molecule has 25 heavy (non-hydrogen) atoms. The van der Waals surface area contributed by atoms with Crippen molar-refractivity contribution < 1.29 is 9.21 Å². The molecule has 2 fully saturated rings. The van der Waals surface area contributed by atoms with Crippen molar-refractivity contribution in [2.45, 2.75) is 57.9 Å². The number of hydrogen-bond donors (Lipinski definition) is 0. The number of aromatic nitrogens is 2. The van der Waals surface area contributed by atoms with E-state index in [0.717, 1.165) is 43.4 Å². The van der Waals surface area contributed by atoms with Gasteiger partial charge < -0.3 is 9.32 Å². The second kappa shape index (κ2) is 6.70. The fraction of sp³-hybridized carbons (Fsp3) is 0.600. The van der Waals surface area contributed by atoms with Crippen LogP contribution in [0, 0.1) is 12.8 Å². The van der Waals surface area contributed by atoms with Gasteiger partial charge in [-0.1, -0.05) is 6.92 Å². The van der Waals surface area contributed by atoms with Crippen molar-refractivity contribution in [1.29, 1.82) is 0 Å². The van der Waals surface area contributed by atoms with Crippen LogP contribution in [0.15, 0.2) is 28.9 Å². The Kier molecular flexibility index (Phi) is 4.40. The van der Waals surface area contributed by atoms with E-state index in [2.05, 4.69) is 31.2 Å². The number of likely N-dealkylation sites (tertiary alicyclic amines) is 1. The molecule has 3 heterocycles. The molecule has 1 saturated heterocycles. The minimum atomic E-state index is 0.228. The minimum Gasteiger partial charge on any atom is -0.466 e. The first-order chi connectivity index (χ1) is 12.1. The minimum absolute atomic E-state index is 0.228. The standard InChI is InChI=1S/C20H27N3O2/c1-14-11-21-23(12-14)16-4-3-9-22(13-16)20(24)8-6-17-5-7-19(25-17)18-10-15(18)2/h5,7,11-12,15-16,18H,3-4,6,8-10,13H2,1-2H3. The van der Waals surface area contributed by atoms with Crippen LogP contribution in [-0.4, -0.2) is 33.7 Å². The van der Waals surface area contributed by atoms with Gasteiger partial charge in [0.1, 0.15) is 11.5 Å². The van der Waals surface area contributed by atoms with E-state index in [9.17, 15) is 4.79 Å². The first-order valence-corrected chi connectivity index (χ1v) is 9.47. The normalized spacial score (nSPS) is 26.0. The second-order valence-electron chi connectivity index (χ2n) is 7.76. The molecule has 2 aromatic rings. The second-order valence-corrected chi connectivity index (χ2v) is 7.76. The Morgan fingerprint density at radius 2 is 2.24 bits per heavy atom. The predicted molar refractivity (Wildman–Crippen MR) is 95.4 cm³/mol. The number of rotatable bonds is 5. The average Bonchev–Trinajstić information content (AvgIpc) is 3.02. The zero-order chi connectivity index (χ0) is 17.4. The number of amides is 1. The molecule has 2 aliphatic rings. The quantitative estimate of drug-likeness (QED) is 0.833. The number of piperidine rings is 1. The molecule has 0 spiro atoms. The van der Waals surface area contributed by atoms with Crippen LogP contribution in [0.4, 0.5) is 0 Å². The van der Waals surface area contributed by atoms with Crippen molar-refractivity contribution in [3.8, 4) is 0 Å². The molecule has 3 unspecified atom stereocenters. The van der Waals surface area contributed by atoms with Crippen LogP contribution < -0.4 is 0 Å². The van der Waals surface area contributed by atoms with Crippen molar-refractivity contribution in [2.75, 3.05) is 13.1 Å². The molecule has 1 aliphatic heterocycles. The lowest BCUT2D eigenvalue weighted by molar-refractivity contribution is -0.132. The van der Waals surface area contributed by atoms with Crippen LogP contribution in [0.25, 0.3) is 0 Å². The number of furan rings is 1. The molecule has 5 nitrogen and oxygen atoms in total. The fourth-order valence-electron chi connectivity index (χ4n) is 3.86. The third kappa shape index (κ3) is 3.65. The molecule has 4 rings (SSSR count). The third-order valence-electron chi connectivity index (χ3n) is 5.60. The lowest BCUT2D eigenvalue weighted by Gasteiger charge is -2.33. The first kappa shape index (κ1) is 16.4. The number of aryl methyl sites for hydroxylation is 2. The number of hydrogen-bond acceptors (Lipinski definition) is 3. The van der Waals surface area contributed by atoms with Gasteiger partial charge in [0.15, 0.2) is 0 Å². The van der Waals surface area contributed by atoms with E-state index >= 15 is 0 Å². The lowest BCUT2D eigenvalue weighted by atomic mass is 10.1. The van der Waals surface area contributed by atoms with Gasteiger partial charge in [0.05, 0.1) is 12.2 Å². The van der Waals surface area contributed by atoms with Crippen LogP contribution >= 0.6 is 0 Å². The molecule has 1 aliphatic carbocycles. The van der Waals surface area contributed by atoms with Crippen molar-refractivity contribution in [3.63, 3.8) is 0 Å². The summed E-state index contributed by atoms with van der Waals surface area (Å²) in [6, 6.07) is 4.43. The highest BCUT2D eigenvalue weighted by Gasteiger charge is 2.36. The summed E-state index contributed by atoms with van der Waals surface area (Å²) in [5.74, 6) is 3.62. The van der Waals surface area contributed by atoms with Gasteiger partial charge in [-0.15, -0.1) is 0 Å². The molecule has 5 heteroatoms. The van der Waals surface area contributed by atoms with Crippen LogP contribution in [0.1, 0.15) is 61.7 Å². The molecular formula is C20H27N3O2. The topological polar surface area (TPSA) is 51.3 Å². The summed E-state index contributed by atoms with van der Waals surface area (Å²) in [6.07, 6.45) is 8.54. The Labute approximate surface area is 149 Å². The van der Waals surface area contributed by atoms with E-state index in [-0.39, 0.29) is 5.91 Å². The van der Waals surface area contributed by atoms with Crippen molar-refractivity contribution in [3.05, 3.63) is 41.6 Å². The van der Waals surface area contributed by atoms with E-state index in [0.29, 0.717) is 24.8 Å². The maximum atomic E-state index is 12.6. The van der Waals surface area contributed by atoms with Gasteiger partial charge in [0, 0.05) is 38.0 Å². The van der Waals surface area contributed by atoms with E-state index in [1.54, 1.807) is 0 Å². The summed E-state index contributed by atoms with van der Waals surface area (Å²) in [5, 5.41) is 4.42. The summed E-state index contributed by atoms with van der Waals surface area (Å²) in [4.78, 5) is 14.6. The molecule has 1 saturated carbocycles. The highest BCUT2D eigenvalue weighted by atomic mass is 16.3. The van der Waals surface area contributed by atoms with E-state index < -0.39 is 0 Å². The number of nitrogens with zero attached hydrogens (tertiary/aromatic N) is 3. The highest BCUT2D eigenvalue weighted by molar-refractivity contribution is 5.76. The van der Waals surface area contributed by atoms with Gasteiger partial charge in [0.25, 0.3) is 0 Å². The number of carbonyl (C=O) groups excluding carboxylic acids is 1. The maximum absolute atomic E-state index is 12.6. The zero-order valence-electron chi connectivity index (χ0n) is 15.1. The van der Waals surface area contributed by atoms with E-state index in [4.69, 9.17) is 4.42 Å². The largest absolute Gasteiger partial charge is 0.466 e. The van der Waals surface area contributed by atoms with Gasteiger partial charge in [-0.25, -0.2) is 0 Å². The zero-order valence-corrected chi connectivity index (χ0v) is 15.1. The van der Waals surface area contributed by atoms with E-state index in [1.807, 2.05) is 21.8 Å². The van der Waals surface area contributed by atoms with Crippen LogP contribution in [-0.2, 0) is 11.2 Å². The Bertz CT molecular complexity index is 748. The molecule has 2 aromatic heterocycles. The molecule has 1 amide bonds. The molecular weight excluding hydrogens is 314 g/mol. The van der Waals surface area contributed by atoms with Crippen LogP contribution in [0.2, 0.25) is 0 Å². The van der Waals surface area contributed by atoms with E-state index in [1.165, 1.54) is 12.0 Å². The van der Waals surface area contributed by atoms with Gasteiger partial charge in [-0.05, 0) is 49.8 Å². The summed E-state index contributed by atoms with van der Waals surface area (Å²) in [5.41, 5.74) is 1.17. The SMILES string of the molecule is Cc1cnn(C2CCCN(C(=O)CCc3ccc(C4CC4C)o3)C2)c1. The molecule has 134 valence electrons. The lowest BCUT2D eigenvalue weighted by Crippen LogP contribution is -2.40. The van der Waals surface area contributed by atoms with Gasteiger partial charge >= 0.3 is 0 Å². The summed E-state index contributed by atoms with van der Waals surface area (Å²) in [6.45, 7) is 5.93. The van der Waals surface area contributed by atoms with Gasteiger partial charge in [-0.3, -0.25) is 9.48 Å². The Morgan fingerprint density at radius 1 is 1.40 bits per heavy atom. The molecule has 0 bridgehead atoms. The smallest absolute Gasteiger partial charge is 0.223 e. The van der Waals surface area contributed by atoms with Crippen molar-refractivity contribution in [2.24, 2.45) is 5.92 Å².